The van der Waals surface area contributed by atoms with Crippen molar-refractivity contribution in [2.75, 3.05) is 6.54 Å². The van der Waals surface area contributed by atoms with Gasteiger partial charge in [0.05, 0.1) is 11.8 Å². The molecule has 2 atom stereocenters. The van der Waals surface area contributed by atoms with Crippen molar-refractivity contribution in [3.8, 4) is 0 Å². The number of amides is 2. The van der Waals surface area contributed by atoms with Crippen LogP contribution in [0.25, 0.3) is 0 Å². The van der Waals surface area contributed by atoms with Crippen LogP contribution in [0.4, 0.5) is 0 Å². The number of nitrogens with one attached hydrogen (secondary N) is 2. The predicted molar refractivity (Wildman–Crippen MR) is 62.7 cm³/mol. The molecule has 2 amide bonds. The molecule has 0 aromatic rings. The average molecular weight is 226 g/mol. The van der Waals surface area contributed by atoms with Crippen LogP contribution >= 0.6 is 0 Å². The van der Waals surface area contributed by atoms with Gasteiger partial charge in [-0.25, -0.2) is 0 Å². The van der Waals surface area contributed by atoms with Gasteiger partial charge in [0.1, 0.15) is 0 Å². The van der Waals surface area contributed by atoms with Crippen molar-refractivity contribution >= 4 is 11.8 Å². The Kier molecular flexibility index (Phi) is 4.33. The minimum atomic E-state index is -0.102. The van der Waals surface area contributed by atoms with Crippen LogP contribution < -0.4 is 10.6 Å². The van der Waals surface area contributed by atoms with Crippen molar-refractivity contribution in [3.63, 3.8) is 0 Å². The van der Waals surface area contributed by atoms with E-state index in [-0.39, 0.29) is 29.7 Å². The lowest BCUT2D eigenvalue weighted by Gasteiger charge is -2.09. The minimum Gasteiger partial charge on any atom is -0.356 e. The van der Waals surface area contributed by atoms with Crippen molar-refractivity contribution < 1.29 is 9.59 Å². The maximum Gasteiger partial charge on any atom is 0.224 e. The Morgan fingerprint density at radius 2 is 1.69 bits per heavy atom. The summed E-state index contributed by atoms with van der Waals surface area (Å²) < 4.78 is 0. The second kappa shape index (κ2) is 5.32. The van der Waals surface area contributed by atoms with Gasteiger partial charge in [-0.1, -0.05) is 13.8 Å². The summed E-state index contributed by atoms with van der Waals surface area (Å²) in [5.41, 5.74) is 0. The van der Waals surface area contributed by atoms with Gasteiger partial charge in [-0.3, -0.25) is 9.59 Å². The molecule has 0 spiro atoms. The zero-order chi connectivity index (χ0) is 12.3. The smallest absolute Gasteiger partial charge is 0.224 e. The van der Waals surface area contributed by atoms with Gasteiger partial charge < -0.3 is 10.6 Å². The van der Waals surface area contributed by atoms with Crippen molar-refractivity contribution in [2.45, 2.75) is 40.2 Å². The molecular weight excluding hydrogens is 204 g/mol. The van der Waals surface area contributed by atoms with Crippen molar-refractivity contribution in [1.82, 2.24) is 10.6 Å². The van der Waals surface area contributed by atoms with E-state index in [1.807, 2.05) is 13.8 Å². The van der Waals surface area contributed by atoms with Crippen LogP contribution in [0.3, 0.4) is 0 Å². The van der Waals surface area contributed by atoms with Gasteiger partial charge in [0.2, 0.25) is 11.8 Å². The highest BCUT2D eigenvalue weighted by Crippen LogP contribution is 2.38. The maximum absolute atomic E-state index is 11.6. The zero-order valence-corrected chi connectivity index (χ0v) is 10.5. The fraction of sp³-hybridized carbons (Fsp3) is 0.833. The predicted octanol–water partition coefficient (Wildman–Crippen LogP) is 0.919. The second-order valence-electron chi connectivity index (χ2n) is 5.25. The summed E-state index contributed by atoms with van der Waals surface area (Å²) in [4.78, 5) is 23.2. The Bertz CT molecular complexity index is 274. The molecule has 1 aliphatic rings. The molecule has 0 saturated heterocycles. The first kappa shape index (κ1) is 13.0. The maximum atomic E-state index is 11.6. The Balaban J connectivity index is 2.27. The van der Waals surface area contributed by atoms with E-state index in [9.17, 15) is 9.59 Å². The molecule has 4 nitrogen and oxygen atoms in total. The molecule has 1 fully saturated rings. The van der Waals surface area contributed by atoms with E-state index in [1.165, 1.54) is 0 Å². The Morgan fingerprint density at radius 1 is 1.12 bits per heavy atom. The topological polar surface area (TPSA) is 58.2 Å². The van der Waals surface area contributed by atoms with Crippen molar-refractivity contribution in [1.29, 1.82) is 0 Å². The zero-order valence-electron chi connectivity index (χ0n) is 10.5. The first-order chi connectivity index (χ1) is 7.41. The van der Waals surface area contributed by atoms with Gasteiger partial charge in [-0.05, 0) is 26.2 Å². The number of carbonyl (C=O) groups excluding carboxylic acids is 2. The average Bonchev–Trinajstić information content (AvgIpc) is 2.92. The molecule has 1 rings (SSSR count). The fourth-order valence-electron chi connectivity index (χ4n) is 1.60. The summed E-state index contributed by atoms with van der Waals surface area (Å²) in [6.07, 6.45) is 0.697. The van der Waals surface area contributed by atoms with E-state index in [2.05, 4.69) is 24.5 Å². The van der Waals surface area contributed by atoms with Crippen molar-refractivity contribution in [2.24, 2.45) is 17.8 Å². The molecule has 92 valence electrons. The molecule has 2 N–H and O–H groups in total. The number of carbonyl (C=O) groups is 2. The first-order valence-electron chi connectivity index (χ1n) is 6.00. The van der Waals surface area contributed by atoms with Crippen LogP contribution in [0.15, 0.2) is 0 Å². The lowest BCUT2D eigenvalue weighted by atomic mass is 10.2. The summed E-state index contributed by atoms with van der Waals surface area (Å²) >= 11 is 0. The monoisotopic (exact) mass is 226 g/mol. The van der Waals surface area contributed by atoms with Gasteiger partial charge in [-0.2, -0.15) is 0 Å². The number of rotatable bonds is 5. The van der Waals surface area contributed by atoms with E-state index in [0.717, 1.165) is 0 Å². The lowest BCUT2D eigenvalue weighted by molar-refractivity contribution is -0.127. The molecule has 0 bridgehead atoms. The highest BCUT2D eigenvalue weighted by molar-refractivity contribution is 5.92. The van der Waals surface area contributed by atoms with E-state index in [4.69, 9.17) is 0 Å². The third-order valence-corrected chi connectivity index (χ3v) is 2.58. The van der Waals surface area contributed by atoms with E-state index >= 15 is 0 Å². The molecule has 0 aliphatic heterocycles. The number of hydrogen-bond acceptors (Lipinski definition) is 2. The molecule has 16 heavy (non-hydrogen) atoms. The quantitative estimate of drug-likeness (QED) is 0.732. The molecule has 0 heterocycles. The normalized spacial score (nSPS) is 23.4. The van der Waals surface area contributed by atoms with Gasteiger partial charge >= 0.3 is 0 Å². The molecule has 0 radical (unpaired) electrons. The minimum absolute atomic E-state index is 0.0136. The van der Waals surface area contributed by atoms with Crippen LogP contribution in [0.1, 0.15) is 34.1 Å². The fourth-order valence-corrected chi connectivity index (χ4v) is 1.60. The molecule has 1 saturated carbocycles. The van der Waals surface area contributed by atoms with E-state index in [1.54, 1.807) is 0 Å². The van der Waals surface area contributed by atoms with Gasteiger partial charge in [0.15, 0.2) is 0 Å². The Morgan fingerprint density at radius 3 is 2.19 bits per heavy atom. The third kappa shape index (κ3) is 3.83. The number of hydrogen-bond donors (Lipinski definition) is 2. The molecule has 0 aromatic carbocycles. The molecule has 2 unspecified atom stereocenters. The first-order valence-corrected chi connectivity index (χ1v) is 6.00. The molecule has 0 aromatic heterocycles. The second-order valence-corrected chi connectivity index (χ2v) is 5.25. The standard InChI is InChI=1S/C12H22N2O2/c1-7(2)6-13-11(15)9-5-10(9)12(16)14-8(3)4/h7-10H,5-6H2,1-4H3,(H,13,15)(H,14,16). The lowest BCUT2D eigenvalue weighted by Crippen LogP contribution is -2.34. The summed E-state index contributed by atoms with van der Waals surface area (Å²) in [5.74, 6) is 0.287. The third-order valence-electron chi connectivity index (χ3n) is 2.58. The van der Waals surface area contributed by atoms with Crippen molar-refractivity contribution in [3.05, 3.63) is 0 Å². The summed E-state index contributed by atoms with van der Waals surface area (Å²) in [7, 11) is 0. The van der Waals surface area contributed by atoms with Crippen LogP contribution in [0, 0.1) is 17.8 Å². The molecule has 4 heteroatoms. The van der Waals surface area contributed by atoms with E-state index < -0.39 is 0 Å². The van der Waals surface area contributed by atoms with Crippen LogP contribution in [-0.2, 0) is 9.59 Å². The van der Waals surface area contributed by atoms with Crippen LogP contribution in [0.5, 0.6) is 0 Å². The van der Waals surface area contributed by atoms with Gasteiger partial charge in [-0.15, -0.1) is 0 Å². The van der Waals surface area contributed by atoms with Gasteiger partial charge in [0.25, 0.3) is 0 Å². The summed E-state index contributed by atoms with van der Waals surface area (Å²) in [6, 6.07) is 0.146. The summed E-state index contributed by atoms with van der Waals surface area (Å²) in [5, 5.41) is 5.70. The molecule has 1 aliphatic carbocycles. The van der Waals surface area contributed by atoms with Gasteiger partial charge in [0, 0.05) is 12.6 Å². The highest BCUT2D eigenvalue weighted by Gasteiger charge is 2.47. The molecular formula is C12H22N2O2. The summed E-state index contributed by atoms with van der Waals surface area (Å²) in [6.45, 7) is 8.64. The highest BCUT2D eigenvalue weighted by atomic mass is 16.2. The Hall–Kier alpha value is -1.06. The van der Waals surface area contributed by atoms with Crippen LogP contribution in [0.2, 0.25) is 0 Å². The SMILES string of the molecule is CC(C)CNC(=O)C1CC1C(=O)NC(C)C. The van der Waals surface area contributed by atoms with Crippen LogP contribution in [-0.4, -0.2) is 24.4 Å². The Labute approximate surface area is 97.2 Å². The van der Waals surface area contributed by atoms with E-state index in [0.29, 0.717) is 18.9 Å². The largest absolute Gasteiger partial charge is 0.356 e.